The molecule has 18 heavy (non-hydrogen) atoms. The SMILES string of the molecule is C=C/C(Cl)=C\C(=NC)/C([O-])=C1\CCC(C)C1=O.[K+]. The Morgan fingerprint density at radius 3 is 2.61 bits per heavy atom. The predicted octanol–water partition coefficient (Wildman–Crippen LogP) is -1.02. The molecule has 0 spiro atoms. The van der Waals surface area contributed by atoms with Crippen LogP contribution in [0.15, 0.2) is 40.1 Å². The molecule has 92 valence electrons. The molecule has 1 rings (SSSR count). The second kappa shape index (κ2) is 8.46. The van der Waals surface area contributed by atoms with E-state index in [1.54, 1.807) is 0 Å². The zero-order valence-electron chi connectivity index (χ0n) is 11.0. The standard InChI is InChI=1S/C13H16ClNO2.K/c1-4-9(14)7-11(15-3)13(17)10-6-5-8(2)12(10)16;/h4,7-8,17H,1,5-6H2,2-3H3;/q;+1/p-1/b9-7+,13-10-,15-11?;. The van der Waals surface area contributed by atoms with E-state index in [-0.39, 0.29) is 74.6 Å². The summed E-state index contributed by atoms with van der Waals surface area (Å²) in [6.07, 6.45) is 4.11. The zero-order valence-corrected chi connectivity index (χ0v) is 14.9. The number of Topliss-reactive ketones (excluding diaryl/α,β-unsaturated/α-hetero) is 1. The summed E-state index contributed by atoms with van der Waals surface area (Å²) in [5.74, 6) is -0.452. The summed E-state index contributed by atoms with van der Waals surface area (Å²) >= 11 is 5.77. The van der Waals surface area contributed by atoms with Gasteiger partial charge in [-0.25, -0.2) is 0 Å². The van der Waals surface area contributed by atoms with Crippen molar-refractivity contribution in [2.75, 3.05) is 7.05 Å². The number of nitrogens with zero attached hydrogens (tertiary/aromatic N) is 1. The van der Waals surface area contributed by atoms with E-state index in [1.807, 2.05) is 6.92 Å². The molecule has 1 atom stereocenters. The average Bonchev–Trinajstić information content (AvgIpc) is 2.66. The van der Waals surface area contributed by atoms with Gasteiger partial charge in [-0.05, 0) is 24.5 Å². The number of aliphatic imine (C=N–C) groups is 1. The minimum atomic E-state index is -0.318. The molecule has 5 heteroatoms. The first-order valence-corrected chi connectivity index (χ1v) is 5.80. The molecule has 0 amide bonds. The Morgan fingerprint density at radius 1 is 1.61 bits per heavy atom. The van der Waals surface area contributed by atoms with E-state index >= 15 is 0 Å². The van der Waals surface area contributed by atoms with Gasteiger partial charge in [-0.2, -0.15) is 0 Å². The Kier molecular flexibility index (Phi) is 8.59. The van der Waals surface area contributed by atoms with E-state index < -0.39 is 0 Å². The number of hydrogen-bond donors (Lipinski definition) is 0. The van der Waals surface area contributed by atoms with Gasteiger partial charge in [0.05, 0.1) is 5.71 Å². The van der Waals surface area contributed by atoms with Crippen LogP contribution in [0, 0.1) is 5.92 Å². The Hall–Kier alpha value is 0.286. The summed E-state index contributed by atoms with van der Waals surface area (Å²) in [7, 11) is 1.50. The van der Waals surface area contributed by atoms with E-state index in [2.05, 4.69) is 11.6 Å². The summed E-state index contributed by atoms with van der Waals surface area (Å²) < 4.78 is 0. The third-order valence-corrected chi connectivity index (χ3v) is 3.05. The molecule has 0 aliphatic heterocycles. The molecule has 1 aliphatic rings. The first-order valence-electron chi connectivity index (χ1n) is 5.42. The topological polar surface area (TPSA) is 52.5 Å². The van der Waals surface area contributed by atoms with E-state index in [1.165, 1.54) is 19.2 Å². The number of allylic oxidation sites excluding steroid dienone is 4. The van der Waals surface area contributed by atoms with Gasteiger partial charge in [-0.15, -0.1) is 0 Å². The maximum atomic E-state index is 12.1. The molecule has 1 saturated carbocycles. The summed E-state index contributed by atoms with van der Waals surface area (Å²) in [6.45, 7) is 5.32. The fourth-order valence-electron chi connectivity index (χ4n) is 1.71. The van der Waals surface area contributed by atoms with Crippen LogP contribution in [0.25, 0.3) is 0 Å². The van der Waals surface area contributed by atoms with Crippen LogP contribution in [-0.2, 0) is 4.79 Å². The molecule has 0 aromatic rings. The van der Waals surface area contributed by atoms with E-state index in [0.717, 1.165) is 6.42 Å². The van der Waals surface area contributed by atoms with Crippen LogP contribution in [0.4, 0.5) is 0 Å². The van der Waals surface area contributed by atoms with Crippen LogP contribution >= 0.6 is 11.6 Å². The van der Waals surface area contributed by atoms with E-state index in [4.69, 9.17) is 11.6 Å². The number of ketones is 1. The van der Waals surface area contributed by atoms with Gasteiger partial charge in [-0.3, -0.25) is 9.79 Å². The summed E-state index contributed by atoms with van der Waals surface area (Å²) in [6, 6.07) is 0. The third kappa shape index (κ3) is 4.44. The number of carbonyl (C=O) groups excluding carboxylic acids is 1. The van der Waals surface area contributed by atoms with Crippen molar-refractivity contribution in [1.82, 2.24) is 0 Å². The Bertz CT molecular complexity index is 438. The second-order valence-electron chi connectivity index (χ2n) is 3.95. The van der Waals surface area contributed by atoms with Gasteiger partial charge in [0.25, 0.3) is 0 Å². The largest absolute Gasteiger partial charge is 1.00 e. The monoisotopic (exact) mass is 291 g/mol. The van der Waals surface area contributed by atoms with E-state index in [9.17, 15) is 9.90 Å². The molecule has 3 nitrogen and oxygen atoms in total. The Morgan fingerprint density at radius 2 is 2.22 bits per heavy atom. The van der Waals surface area contributed by atoms with Crippen LogP contribution in [0.1, 0.15) is 19.8 Å². The molecule has 0 radical (unpaired) electrons. The molecule has 0 N–H and O–H groups in total. The van der Waals surface area contributed by atoms with Gasteiger partial charge in [0.1, 0.15) is 0 Å². The molecule has 0 aromatic carbocycles. The van der Waals surface area contributed by atoms with Gasteiger partial charge < -0.3 is 5.11 Å². The Balaban J connectivity index is 0.00000289. The zero-order chi connectivity index (χ0) is 13.0. The minimum Gasteiger partial charge on any atom is -0.871 e. The third-order valence-electron chi connectivity index (χ3n) is 2.79. The van der Waals surface area contributed by atoms with Gasteiger partial charge in [0.15, 0.2) is 5.78 Å². The fraction of sp³-hybridized carbons (Fsp3) is 0.385. The molecule has 0 aromatic heterocycles. The van der Waals surface area contributed by atoms with Gasteiger partial charge in [0, 0.05) is 18.0 Å². The number of hydrogen-bond acceptors (Lipinski definition) is 3. The summed E-state index contributed by atoms with van der Waals surface area (Å²) in [4.78, 5) is 15.6. The van der Waals surface area contributed by atoms with Crippen molar-refractivity contribution >= 4 is 23.1 Å². The molecular formula is C13H15ClKNO2. The second-order valence-corrected chi connectivity index (χ2v) is 4.39. The molecular weight excluding hydrogens is 277 g/mol. The van der Waals surface area contributed by atoms with Crippen LogP contribution in [0.3, 0.4) is 0 Å². The van der Waals surface area contributed by atoms with Gasteiger partial charge >= 0.3 is 51.4 Å². The van der Waals surface area contributed by atoms with Crippen LogP contribution in [0.2, 0.25) is 0 Å². The van der Waals surface area contributed by atoms with Crippen molar-refractivity contribution in [2.24, 2.45) is 10.9 Å². The van der Waals surface area contributed by atoms with Crippen molar-refractivity contribution in [3.63, 3.8) is 0 Å². The molecule has 0 heterocycles. The molecule has 1 aliphatic carbocycles. The van der Waals surface area contributed by atoms with Crippen LogP contribution in [-0.4, -0.2) is 18.5 Å². The van der Waals surface area contributed by atoms with Crippen molar-refractivity contribution < 1.29 is 61.3 Å². The normalized spacial score (nSPS) is 23.7. The van der Waals surface area contributed by atoms with Gasteiger partial charge in [-0.1, -0.05) is 36.9 Å². The smallest absolute Gasteiger partial charge is 0.871 e. The van der Waals surface area contributed by atoms with Gasteiger partial charge in [0.2, 0.25) is 0 Å². The molecule has 0 bridgehead atoms. The minimum absolute atomic E-state index is 0. The fourth-order valence-corrected chi connectivity index (χ4v) is 1.82. The molecule has 1 unspecified atom stereocenters. The van der Waals surface area contributed by atoms with Crippen molar-refractivity contribution in [3.8, 4) is 0 Å². The van der Waals surface area contributed by atoms with Crippen LogP contribution in [0.5, 0.6) is 0 Å². The predicted molar refractivity (Wildman–Crippen MR) is 67.9 cm³/mol. The van der Waals surface area contributed by atoms with E-state index in [0.29, 0.717) is 17.0 Å². The maximum absolute atomic E-state index is 12.1. The van der Waals surface area contributed by atoms with Crippen molar-refractivity contribution in [3.05, 3.63) is 35.1 Å². The first-order chi connectivity index (χ1) is 8.01. The maximum Gasteiger partial charge on any atom is 1.00 e. The molecule has 0 saturated heterocycles. The molecule has 1 fully saturated rings. The average molecular weight is 292 g/mol. The summed E-state index contributed by atoms with van der Waals surface area (Å²) in [5.41, 5.74) is 0.537. The first kappa shape index (κ1) is 18.3. The van der Waals surface area contributed by atoms with Crippen molar-refractivity contribution in [2.45, 2.75) is 19.8 Å². The summed E-state index contributed by atoms with van der Waals surface area (Å²) in [5, 5.41) is 12.4. The number of carbonyl (C=O) groups is 1. The van der Waals surface area contributed by atoms with Crippen LogP contribution < -0.4 is 56.5 Å². The number of halogens is 1. The van der Waals surface area contributed by atoms with Crippen molar-refractivity contribution in [1.29, 1.82) is 0 Å². The number of rotatable bonds is 3. The quantitative estimate of drug-likeness (QED) is 0.220. The Labute approximate surface area is 155 Å².